The summed E-state index contributed by atoms with van der Waals surface area (Å²) in [4.78, 5) is 2.36. The molecule has 21 heavy (non-hydrogen) atoms. The zero-order valence-electron chi connectivity index (χ0n) is 13.8. The molecule has 2 unspecified atom stereocenters. The van der Waals surface area contributed by atoms with E-state index in [2.05, 4.69) is 56.1 Å². The number of hydrogen-bond donors (Lipinski definition) is 1. The Morgan fingerprint density at radius 3 is 2.52 bits per heavy atom. The molecule has 4 nitrogen and oxygen atoms in total. The summed E-state index contributed by atoms with van der Waals surface area (Å²) in [5.74, 6) is 0.944. The molecule has 1 aliphatic rings. The van der Waals surface area contributed by atoms with Crippen LogP contribution in [0.15, 0.2) is 18.2 Å². The first kappa shape index (κ1) is 16.1. The van der Waals surface area contributed by atoms with E-state index < -0.39 is 0 Å². The number of morpholine rings is 1. The first-order valence-corrected chi connectivity index (χ1v) is 7.80. The van der Waals surface area contributed by atoms with Crippen LogP contribution in [0.3, 0.4) is 0 Å². The van der Waals surface area contributed by atoms with Crippen molar-refractivity contribution in [1.29, 1.82) is 0 Å². The largest absolute Gasteiger partial charge is 0.495 e. The summed E-state index contributed by atoms with van der Waals surface area (Å²) in [5.41, 5.74) is 2.41. The lowest BCUT2D eigenvalue weighted by molar-refractivity contribution is -0.00532. The molecule has 1 aromatic carbocycles. The number of anilines is 1. The molecule has 2 rings (SSSR count). The summed E-state index contributed by atoms with van der Waals surface area (Å²) in [6.07, 6.45) is 0.501. The van der Waals surface area contributed by atoms with Crippen LogP contribution in [-0.4, -0.2) is 38.4 Å². The van der Waals surface area contributed by atoms with Crippen LogP contribution in [-0.2, 0) is 11.3 Å². The number of hydrogen-bond acceptors (Lipinski definition) is 4. The number of ether oxygens (including phenoxy) is 2. The molecule has 0 spiro atoms. The topological polar surface area (TPSA) is 33.7 Å². The van der Waals surface area contributed by atoms with Crippen molar-refractivity contribution in [3.05, 3.63) is 23.8 Å². The van der Waals surface area contributed by atoms with E-state index in [1.165, 1.54) is 5.56 Å². The number of nitrogens with one attached hydrogen (secondary N) is 1. The standard InChI is InChI=1S/C17H28N2O2/c1-12(2)18-9-15-6-7-16(17(8-15)20-5)19-10-13(3)21-14(4)11-19/h6-8,12-14,18H,9-11H2,1-5H3. The zero-order valence-corrected chi connectivity index (χ0v) is 13.8. The van der Waals surface area contributed by atoms with Crippen molar-refractivity contribution in [3.8, 4) is 5.75 Å². The van der Waals surface area contributed by atoms with Crippen molar-refractivity contribution in [3.63, 3.8) is 0 Å². The molecule has 4 heteroatoms. The lowest BCUT2D eigenvalue weighted by Crippen LogP contribution is -2.45. The predicted molar refractivity (Wildman–Crippen MR) is 87.2 cm³/mol. The Bertz CT molecular complexity index is 452. The first-order valence-electron chi connectivity index (χ1n) is 7.80. The van der Waals surface area contributed by atoms with Gasteiger partial charge in [0, 0.05) is 25.7 Å². The SMILES string of the molecule is COc1cc(CNC(C)C)ccc1N1CC(C)OC(C)C1. The van der Waals surface area contributed by atoms with Crippen LogP contribution in [0.1, 0.15) is 33.3 Å². The van der Waals surface area contributed by atoms with E-state index in [-0.39, 0.29) is 12.2 Å². The molecule has 0 aromatic heterocycles. The van der Waals surface area contributed by atoms with Crippen LogP contribution in [0.2, 0.25) is 0 Å². The van der Waals surface area contributed by atoms with E-state index >= 15 is 0 Å². The highest BCUT2D eigenvalue weighted by atomic mass is 16.5. The summed E-state index contributed by atoms with van der Waals surface area (Å²) in [6.45, 7) is 11.2. The molecule has 0 radical (unpaired) electrons. The Labute approximate surface area is 128 Å². The zero-order chi connectivity index (χ0) is 15.4. The van der Waals surface area contributed by atoms with Crippen LogP contribution in [0.25, 0.3) is 0 Å². The molecular weight excluding hydrogens is 264 g/mol. The maximum Gasteiger partial charge on any atom is 0.142 e. The van der Waals surface area contributed by atoms with Crippen molar-refractivity contribution in [2.24, 2.45) is 0 Å². The molecule has 1 aromatic rings. The third-order valence-electron chi connectivity index (χ3n) is 3.72. The molecule has 0 amide bonds. The summed E-state index contributed by atoms with van der Waals surface area (Å²) >= 11 is 0. The fraction of sp³-hybridized carbons (Fsp3) is 0.647. The molecule has 1 saturated heterocycles. The van der Waals surface area contributed by atoms with Gasteiger partial charge in [0.25, 0.3) is 0 Å². The Balaban J connectivity index is 2.15. The lowest BCUT2D eigenvalue weighted by Gasteiger charge is -2.37. The highest BCUT2D eigenvalue weighted by Gasteiger charge is 2.24. The van der Waals surface area contributed by atoms with Gasteiger partial charge < -0.3 is 19.7 Å². The highest BCUT2D eigenvalue weighted by molar-refractivity contribution is 5.60. The smallest absolute Gasteiger partial charge is 0.142 e. The van der Waals surface area contributed by atoms with Crippen molar-refractivity contribution in [1.82, 2.24) is 5.32 Å². The molecule has 1 fully saturated rings. The third-order valence-corrected chi connectivity index (χ3v) is 3.72. The predicted octanol–water partition coefficient (Wildman–Crippen LogP) is 2.81. The van der Waals surface area contributed by atoms with E-state index in [1.54, 1.807) is 7.11 Å². The second kappa shape index (κ2) is 7.14. The number of rotatable bonds is 5. The van der Waals surface area contributed by atoms with Crippen LogP contribution in [0, 0.1) is 0 Å². The summed E-state index contributed by atoms with van der Waals surface area (Å²) in [5, 5.41) is 3.44. The van der Waals surface area contributed by atoms with E-state index in [4.69, 9.17) is 9.47 Å². The third kappa shape index (κ3) is 4.35. The van der Waals surface area contributed by atoms with E-state index in [9.17, 15) is 0 Å². The maximum absolute atomic E-state index is 5.81. The minimum absolute atomic E-state index is 0.251. The minimum Gasteiger partial charge on any atom is -0.495 e. The number of methoxy groups -OCH3 is 1. The monoisotopic (exact) mass is 292 g/mol. The average Bonchev–Trinajstić information content (AvgIpc) is 2.43. The van der Waals surface area contributed by atoms with Gasteiger partial charge >= 0.3 is 0 Å². The maximum atomic E-state index is 5.81. The fourth-order valence-electron chi connectivity index (χ4n) is 2.79. The Kier molecular flexibility index (Phi) is 5.48. The van der Waals surface area contributed by atoms with Gasteiger partial charge in [-0.15, -0.1) is 0 Å². The summed E-state index contributed by atoms with van der Waals surface area (Å²) in [7, 11) is 1.74. The van der Waals surface area contributed by atoms with Gasteiger partial charge in [0.15, 0.2) is 0 Å². The molecule has 1 N–H and O–H groups in total. The fourth-order valence-corrected chi connectivity index (χ4v) is 2.79. The van der Waals surface area contributed by atoms with Gasteiger partial charge in [-0.3, -0.25) is 0 Å². The van der Waals surface area contributed by atoms with E-state index in [1.807, 2.05) is 0 Å². The van der Waals surface area contributed by atoms with Gasteiger partial charge in [-0.1, -0.05) is 19.9 Å². The quantitative estimate of drug-likeness (QED) is 0.905. The van der Waals surface area contributed by atoms with E-state index in [0.29, 0.717) is 6.04 Å². The molecule has 1 heterocycles. The molecule has 118 valence electrons. The Hall–Kier alpha value is -1.26. The lowest BCUT2D eigenvalue weighted by atomic mass is 10.1. The van der Waals surface area contributed by atoms with Crippen LogP contribution < -0.4 is 15.0 Å². The molecule has 0 aliphatic carbocycles. The van der Waals surface area contributed by atoms with Gasteiger partial charge in [-0.25, -0.2) is 0 Å². The van der Waals surface area contributed by atoms with Gasteiger partial charge in [0.2, 0.25) is 0 Å². The number of benzene rings is 1. The highest BCUT2D eigenvalue weighted by Crippen LogP contribution is 2.31. The molecule has 0 bridgehead atoms. The Morgan fingerprint density at radius 1 is 1.29 bits per heavy atom. The average molecular weight is 292 g/mol. The van der Waals surface area contributed by atoms with Crippen molar-refractivity contribution in [2.45, 2.75) is 52.5 Å². The van der Waals surface area contributed by atoms with Crippen LogP contribution >= 0.6 is 0 Å². The normalized spacial score (nSPS) is 22.7. The van der Waals surface area contributed by atoms with Gasteiger partial charge in [-0.2, -0.15) is 0 Å². The van der Waals surface area contributed by atoms with Gasteiger partial charge in [-0.05, 0) is 31.5 Å². The van der Waals surface area contributed by atoms with Crippen LogP contribution in [0.5, 0.6) is 5.75 Å². The first-order chi connectivity index (χ1) is 9.99. The molecular formula is C17H28N2O2. The van der Waals surface area contributed by atoms with Crippen molar-refractivity contribution in [2.75, 3.05) is 25.1 Å². The van der Waals surface area contributed by atoms with E-state index in [0.717, 1.165) is 31.1 Å². The molecule has 2 atom stereocenters. The van der Waals surface area contributed by atoms with Gasteiger partial charge in [0.05, 0.1) is 25.0 Å². The van der Waals surface area contributed by atoms with Crippen LogP contribution in [0.4, 0.5) is 5.69 Å². The summed E-state index contributed by atoms with van der Waals surface area (Å²) < 4.78 is 11.4. The van der Waals surface area contributed by atoms with Crippen molar-refractivity contribution < 1.29 is 9.47 Å². The number of nitrogens with zero attached hydrogens (tertiary/aromatic N) is 1. The minimum atomic E-state index is 0.251. The molecule has 1 aliphatic heterocycles. The second-order valence-electron chi connectivity index (χ2n) is 6.20. The van der Waals surface area contributed by atoms with Gasteiger partial charge in [0.1, 0.15) is 5.75 Å². The summed E-state index contributed by atoms with van der Waals surface area (Å²) in [6, 6.07) is 6.96. The second-order valence-corrected chi connectivity index (χ2v) is 6.20. The van der Waals surface area contributed by atoms with Crippen molar-refractivity contribution >= 4 is 5.69 Å². The Morgan fingerprint density at radius 2 is 1.95 bits per heavy atom. The molecule has 0 saturated carbocycles.